The van der Waals surface area contributed by atoms with Crippen LogP contribution in [0, 0.1) is 5.92 Å². The molecule has 1 atom stereocenters. The fourth-order valence-corrected chi connectivity index (χ4v) is 3.27. The second kappa shape index (κ2) is 6.00. The highest BCUT2D eigenvalue weighted by molar-refractivity contribution is 5.91. The molecule has 3 aliphatic rings. The molecule has 3 rings (SSSR count). The van der Waals surface area contributed by atoms with Crippen LogP contribution in [0.3, 0.4) is 0 Å². The maximum atomic E-state index is 11.9. The van der Waals surface area contributed by atoms with Gasteiger partial charge >= 0.3 is 0 Å². The van der Waals surface area contributed by atoms with Gasteiger partial charge in [-0.15, -0.1) is 0 Å². The third-order valence-electron chi connectivity index (χ3n) is 4.76. The van der Waals surface area contributed by atoms with Crippen molar-refractivity contribution >= 4 is 11.6 Å². The summed E-state index contributed by atoms with van der Waals surface area (Å²) in [6, 6.07) is 0. The molecule has 0 saturated heterocycles. The molecule has 0 aromatic rings. The largest absolute Gasteiger partial charge is 0.382 e. The van der Waals surface area contributed by atoms with E-state index in [-0.39, 0.29) is 24.4 Å². The van der Waals surface area contributed by atoms with Crippen molar-refractivity contribution in [2.24, 2.45) is 5.92 Å². The van der Waals surface area contributed by atoms with Crippen LogP contribution in [0.25, 0.3) is 0 Å². The number of rotatable bonds is 1. The number of hydrogen-bond donors (Lipinski definition) is 1. The van der Waals surface area contributed by atoms with Crippen molar-refractivity contribution in [2.75, 3.05) is 0 Å². The minimum Gasteiger partial charge on any atom is -0.382 e. The topological polar surface area (TPSA) is 54.4 Å². The lowest BCUT2D eigenvalue weighted by molar-refractivity contribution is -0.137. The monoisotopic (exact) mass is 264 g/mol. The molecule has 0 aromatic carbocycles. The van der Waals surface area contributed by atoms with Gasteiger partial charge in [0.2, 0.25) is 0 Å². The molecule has 106 valence electrons. The van der Waals surface area contributed by atoms with Gasteiger partial charge in [0.15, 0.2) is 11.6 Å². The Balaban J connectivity index is 2.12. The van der Waals surface area contributed by atoms with Gasteiger partial charge in [-0.2, -0.15) is 0 Å². The van der Waals surface area contributed by atoms with Gasteiger partial charge in [-0.05, 0) is 63.9 Å². The summed E-state index contributed by atoms with van der Waals surface area (Å²) in [5.41, 5.74) is -0.0275. The molecule has 0 aliphatic heterocycles. The SMILES string of the molecule is CC(=O)[C@@]1(O)CCCC2CCC(=CC(=O)CC1)CC2. The van der Waals surface area contributed by atoms with Gasteiger partial charge in [-0.3, -0.25) is 9.59 Å². The molecule has 0 radical (unpaired) electrons. The molecule has 19 heavy (non-hydrogen) atoms. The Morgan fingerprint density at radius 3 is 2.53 bits per heavy atom. The lowest BCUT2D eigenvalue weighted by Gasteiger charge is -2.29. The zero-order valence-electron chi connectivity index (χ0n) is 11.8. The molecule has 1 saturated carbocycles. The Kier molecular flexibility index (Phi) is 4.56. The summed E-state index contributed by atoms with van der Waals surface area (Å²) in [7, 11) is 0. The van der Waals surface area contributed by atoms with Gasteiger partial charge in [0.25, 0.3) is 0 Å². The van der Waals surface area contributed by atoms with Crippen LogP contribution < -0.4 is 0 Å². The average molecular weight is 264 g/mol. The van der Waals surface area contributed by atoms with Gasteiger partial charge in [0.1, 0.15) is 5.60 Å². The van der Waals surface area contributed by atoms with Gasteiger partial charge in [-0.1, -0.05) is 12.0 Å². The Bertz CT molecular complexity index is 387. The van der Waals surface area contributed by atoms with Crippen molar-refractivity contribution in [3.05, 3.63) is 11.6 Å². The van der Waals surface area contributed by atoms with E-state index in [1.54, 1.807) is 6.08 Å². The Labute approximate surface area is 115 Å². The van der Waals surface area contributed by atoms with E-state index in [2.05, 4.69) is 0 Å². The molecule has 0 aromatic heterocycles. The van der Waals surface area contributed by atoms with Crippen molar-refractivity contribution in [3.63, 3.8) is 0 Å². The summed E-state index contributed by atoms with van der Waals surface area (Å²) in [5.74, 6) is 0.562. The Morgan fingerprint density at radius 2 is 1.89 bits per heavy atom. The summed E-state index contributed by atoms with van der Waals surface area (Å²) < 4.78 is 0. The second-order valence-corrected chi connectivity index (χ2v) is 6.19. The lowest BCUT2D eigenvalue weighted by Crippen LogP contribution is -2.37. The molecule has 0 spiro atoms. The highest BCUT2D eigenvalue weighted by Gasteiger charge is 2.33. The lowest BCUT2D eigenvalue weighted by atomic mass is 9.79. The first-order valence-corrected chi connectivity index (χ1v) is 7.45. The molecule has 0 amide bonds. The third kappa shape index (κ3) is 3.75. The number of allylic oxidation sites excluding steroid dienone is 2. The summed E-state index contributed by atoms with van der Waals surface area (Å²) >= 11 is 0. The minimum atomic E-state index is -1.29. The fraction of sp³-hybridized carbons (Fsp3) is 0.750. The summed E-state index contributed by atoms with van der Waals surface area (Å²) in [4.78, 5) is 23.5. The highest BCUT2D eigenvalue weighted by Crippen LogP contribution is 2.34. The zero-order valence-corrected chi connectivity index (χ0v) is 11.8. The van der Waals surface area contributed by atoms with E-state index < -0.39 is 5.60 Å². The predicted octanol–water partition coefficient (Wildman–Crippen LogP) is 2.96. The molecule has 0 unspecified atom stereocenters. The molecule has 1 N–H and O–H groups in total. The standard InChI is InChI=1S/C16H24O3/c1-12(17)16(19)9-2-3-13-4-6-14(7-5-13)11-15(18)8-10-16/h11,13,19H,2-10H2,1H3/t13?,16-/m1/s1. The maximum Gasteiger partial charge on any atom is 0.161 e. The van der Waals surface area contributed by atoms with Crippen molar-refractivity contribution in [1.82, 2.24) is 0 Å². The molecule has 1 fully saturated rings. The van der Waals surface area contributed by atoms with E-state index in [1.807, 2.05) is 0 Å². The summed E-state index contributed by atoms with van der Waals surface area (Å²) in [5, 5.41) is 10.4. The number of carbonyl (C=O) groups excluding carboxylic acids is 2. The van der Waals surface area contributed by atoms with Crippen LogP contribution in [0.4, 0.5) is 0 Å². The molecule has 3 heteroatoms. The highest BCUT2D eigenvalue weighted by atomic mass is 16.3. The zero-order chi connectivity index (χ0) is 13.9. The molecular weight excluding hydrogens is 240 g/mol. The van der Waals surface area contributed by atoms with Crippen molar-refractivity contribution < 1.29 is 14.7 Å². The predicted molar refractivity (Wildman–Crippen MR) is 73.8 cm³/mol. The number of fused-ring (bicyclic) bond motifs is 9. The first-order chi connectivity index (χ1) is 8.99. The summed E-state index contributed by atoms with van der Waals surface area (Å²) in [6.45, 7) is 1.43. The van der Waals surface area contributed by atoms with Crippen LogP contribution in [0.1, 0.15) is 64.7 Å². The van der Waals surface area contributed by atoms with E-state index in [1.165, 1.54) is 12.5 Å². The smallest absolute Gasteiger partial charge is 0.161 e. The van der Waals surface area contributed by atoms with Crippen LogP contribution in [0.2, 0.25) is 0 Å². The van der Waals surface area contributed by atoms with Crippen LogP contribution in [-0.4, -0.2) is 22.3 Å². The number of carbonyl (C=O) groups is 2. The Hall–Kier alpha value is -0.960. The van der Waals surface area contributed by atoms with Gasteiger partial charge in [-0.25, -0.2) is 0 Å². The minimum absolute atomic E-state index is 0.0636. The van der Waals surface area contributed by atoms with Crippen molar-refractivity contribution in [1.29, 1.82) is 0 Å². The van der Waals surface area contributed by atoms with Crippen LogP contribution >= 0.6 is 0 Å². The van der Waals surface area contributed by atoms with Gasteiger partial charge in [0, 0.05) is 6.42 Å². The van der Waals surface area contributed by atoms with Crippen LogP contribution in [0.15, 0.2) is 11.6 Å². The first-order valence-electron chi connectivity index (χ1n) is 7.45. The van der Waals surface area contributed by atoms with Crippen molar-refractivity contribution in [3.8, 4) is 0 Å². The molecular formula is C16H24O3. The van der Waals surface area contributed by atoms with Crippen LogP contribution in [0.5, 0.6) is 0 Å². The first kappa shape index (κ1) is 14.4. The Morgan fingerprint density at radius 1 is 1.21 bits per heavy atom. The van der Waals surface area contributed by atoms with Gasteiger partial charge in [0.05, 0.1) is 0 Å². The third-order valence-corrected chi connectivity index (χ3v) is 4.76. The van der Waals surface area contributed by atoms with Crippen LogP contribution in [-0.2, 0) is 9.59 Å². The molecule has 0 heterocycles. The van der Waals surface area contributed by atoms with E-state index in [0.717, 1.165) is 38.5 Å². The van der Waals surface area contributed by atoms with Gasteiger partial charge < -0.3 is 5.11 Å². The number of hydrogen-bond acceptors (Lipinski definition) is 3. The quantitative estimate of drug-likeness (QED) is 0.792. The van der Waals surface area contributed by atoms with E-state index in [0.29, 0.717) is 12.3 Å². The average Bonchev–Trinajstić information content (AvgIpc) is 2.37. The van der Waals surface area contributed by atoms with E-state index in [4.69, 9.17) is 0 Å². The molecule has 2 bridgehead atoms. The molecule has 3 aliphatic carbocycles. The fourth-order valence-electron chi connectivity index (χ4n) is 3.27. The number of ketones is 2. The molecule has 3 nitrogen and oxygen atoms in total. The maximum absolute atomic E-state index is 11.9. The normalized spacial score (nSPS) is 33.3. The number of aliphatic hydroxyl groups is 1. The van der Waals surface area contributed by atoms with Crippen molar-refractivity contribution in [2.45, 2.75) is 70.3 Å². The number of Topliss-reactive ketones (excluding diaryl/α,β-unsaturated/α-hetero) is 1. The van der Waals surface area contributed by atoms with E-state index in [9.17, 15) is 14.7 Å². The second-order valence-electron chi connectivity index (χ2n) is 6.19. The van der Waals surface area contributed by atoms with E-state index >= 15 is 0 Å². The summed E-state index contributed by atoms with van der Waals surface area (Å²) in [6.07, 6.45) is 9.19.